The van der Waals surface area contributed by atoms with E-state index >= 15 is 0 Å². The molecule has 2 fully saturated rings. The van der Waals surface area contributed by atoms with E-state index in [1.807, 2.05) is 30.3 Å². The van der Waals surface area contributed by atoms with Gasteiger partial charge in [0.1, 0.15) is 5.54 Å². The number of hydrogen-bond donors (Lipinski definition) is 3. The van der Waals surface area contributed by atoms with Gasteiger partial charge in [0, 0.05) is 28.7 Å². The monoisotopic (exact) mass is 438 g/mol. The van der Waals surface area contributed by atoms with E-state index in [4.69, 9.17) is 17.3 Å². The number of hydrogen-bond acceptors (Lipinski definition) is 5. The van der Waals surface area contributed by atoms with E-state index in [-0.39, 0.29) is 13.0 Å². The van der Waals surface area contributed by atoms with Crippen LogP contribution in [0.3, 0.4) is 0 Å². The zero-order valence-corrected chi connectivity index (χ0v) is 17.1. The Bertz CT molecular complexity index is 1140. The molecule has 3 aliphatic rings. The van der Waals surface area contributed by atoms with Crippen molar-refractivity contribution >= 4 is 40.9 Å². The molecule has 9 heteroatoms. The van der Waals surface area contributed by atoms with Crippen LogP contribution in [-0.2, 0) is 31.3 Å². The number of nitrogens with one attached hydrogen (secondary N) is 2. The SMILES string of the molecule is NC(=O)C[C@H]1N[C@]2(C(=O)Nc3ccc(Cl)cc32)[C@@H]2C(=O)N(Cc3ccccc3)C(=O)[C@@H]21. The first-order chi connectivity index (χ1) is 14.8. The van der Waals surface area contributed by atoms with Crippen molar-refractivity contribution in [2.75, 3.05) is 5.32 Å². The number of fused-ring (bicyclic) bond motifs is 4. The van der Waals surface area contributed by atoms with Crippen LogP contribution < -0.4 is 16.4 Å². The second-order valence-electron chi connectivity index (χ2n) is 8.12. The van der Waals surface area contributed by atoms with Crippen molar-refractivity contribution in [1.29, 1.82) is 0 Å². The molecular formula is C22H19ClN4O4. The number of nitrogens with zero attached hydrogens (tertiary/aromatic N) is 1. The summed E-state index contributed by atoms with van der Waals surface area (Å²) in [5.41, 5.74) is 5.73. The second kappa shape index (κ2) is 6.90. The Morgan fingerprint density at radius 1 is 1.10 bits per heavy atom. The first kappa shape index (κ1) is 19.7. The van der Waals surface area contributed by atoms with Crippen molar-refractivity contribution in [2.45, 2.75) is 24.5 Å². The van der Waals surface area contributed by atoms with E-state index in [1.54, 1.807) is 18.2 Å². The van der Waals surface area contributed by atoms with Crippen LogP contribution in [0.4, 0.5) is 5.69 Å². The lowest BCUT2D eigenvalue weighted by Crippen LogP contribution is -2.53. The number of benzene rings is 2. The van der Waals surface area contributed by atoms with Gasteiger partial charge in [0.15, 0.2) is 0 Å². The van der Waals surface area contributed by atoms with Crippen LogP contribution in [0.2, 0.25) is 5.02 Å². The van der Waals surface area contributed by atoms with Crippen molar-refractivity contribution in [2.24, 2.45) is 17.6 Å². The molecule has 3 aliphatic heterocycles. The maximum absolute atomic E-state index is 13.6. The highest BCUT2D eigenvalue weighted by molar-refractivity contribution is 6.31. The van der Waals surface area contributed by atoms with E-state index in [9.17, 15) is 19.2 Å². The number of carbonyl (C=O) groups excluding carboxylic acids is 4. The zero-order chi connectivity index (χ0) is 21.9. The molecule has 8 nitrogen and oxygen atoms in total. The molecule has 4 amide bonds. The molecule has 0 saturated carbocycles. The number of nitrogens with two attached hydrogens (primary N) is 1. The molecule has 0 unspecified atom stereocenters. The zero-order valence-electron chi connectivity index (χ0n) is 16.3. The minimum atomic E-state index is -1.50. The maximum Gasteiger partial charge on any atom is 0.250 e. The van der Waals surface area contributed by atoms with E-state index in [0.29, 0.717) is 16.3 Å². The predicted octanol–water partition coefficient (Wildman–Crippen LogP) is 1.14. The van der Waals surface area contributed by atoms with Gasteiger partial charge in [0.25, 0.3) is 0 Å². The molecule has 0 radical (unpaired) electrons. The molecule has 4 atom stereocenters. The van der Waals surface area contributed by atoms with Gasteiger partial charge >= 0.3 is 0 Å². The fourth-order valence-corrected chi connectivity index (χ4v) is 5.32. The van der Waals surface area contributed by atoms with Crippen molar-refractivity contribution in [3.8, 4) is 0 Å². The molecule has 2 aromatic carbocycles. The van der Waals surface area contributed by atoms with Gasteiger partial charge in [-0.1, -0.05) is 41.9 Å². The standard InChI is InChI=1S/C22H19ClN4O4/c23-12-6-7-14-13(8-12)22(21(31)25-14)18-17(15(26-22)9-16(24)28)19(29)27(20(18)30)10-11-4-2-1-3-5-11/h1-8,15,17-18,26H,9-10H2,(H2,24,28)(H,25,31)/t15-,17-,18+,22+/m1/s1. The Kier molecular flexibility index (Phi) is 4.39. The molecule has 0 aromatic heterocycles. The summed E-state index contributed by atoms with van der Waals surface area (Å²) >= 11 is 6.19. The van der Waals surface area contributed by atoms with Crippen LogP contribution in [0.5, 0.6) is 0 Å². The van der Waals surface area contributed by atoms with Crippen LogP contribution in [0, 0.1) is 11.8 Å². The highest BCUT2D eigenvalue weighted by atomic mass is 35.5. The Balaban J connectivity index is 1.62. The van der Waals surface area contributed by atoms with Crippen LogP contribution >= 0.6 is 11.6 Å². The third kappa shape index (κ3) is 2.79. The van der Waals surface area contributed by atoms with Gasteiger partial charge in [0.2, 0.25) is 23.6 Å². The Labute approximate surface area is 182 Å². The van der Waals surface area contributed by atoms with E-state index in [0.717, 1.165) is 5.56 Å². The lowest BCUT2D eigenvalue weighted by molar-refractivity contribution is -0.143. The topological polar surface area (TPSA) is 122 Å². The number of carbonyl (C=O) groups is 4. The van der Waals surface area contributed by atoms with Gasteiger partial charge in [-0.15, -0.1) is 0 Å². The Hall–Kier alpha value is -3.23. The first-order valence-corrected chi connectivity index (χ1v) is 10.3. The average molecular weight is 439 g/mol. The fourth-order valence-electron chi connectivity index (χ4n) is 5.15. The number of imide groups is 1. The second-order valence-corrected chi connectivity index (χ2v) is 8.56. The average Bonchev–Trinajstić information content (AvgIpc) is 3.29. The number of halogens is 1. The van der Waals surface area contributed by atoms with Crippen molar-refractivity contribution in [1.82, 2.24) is 10.2 Å². The number of amides is 4. The quantitative estimate of drug-likeness (QED) is 0.618. The third-order valence-electron chi connectivity index (χ3n) is 6.37. The summed E-state index contributed by atoms with van der Waals surface area (Å²) in [6.45, 7) is 0.0922. The smallest absolute Gasteiger partial charge is 0.250 e. The van der Waals surface area contributed by atoms with Crippen LogP contribution in [0.15, 0.2) is 48.5 Å². The first-order valence-electron chi connectivity index (χ1n) is 9.89. The van der Waals surface area contributed by atoms with Crippen LogP contribution in [0.25, 0.3) is 0 Å². The molecule has 1 spiro atoms. The summed E-state index contributed by atoms with van der Waals surface area (Å²) in [4.78, 5) is 53.1. The predicted molar refractivity (Wildman–Crippen MR) is 111 cm³/mol. The number of rotatable bonds is 4. The molecule has 2 aromatic rings. The lowest BCUT2D eigenvalue weighted by Gasteiger charge is -2.29. The lowest BCUT2D eigenvalue weighted by atomic mass is 9.76. The summed E-state index contributed by atoms with van der Waals surface area (Å²) < 4.78 is 0. The fraction of sp³-hybridized carbons (Fsp3) is 0.273. The van der Waals surface area contributed by atoms with E-state index in [1.165, 1.54) is 4.90 Å². The van der Waals surface area contributed by atoms with Gasteiger partial charge in [-0.2, -0.15) is 0 Å². The van der Waals surface area contributed by atoms with Gasteiger partial charge in [-0.25, -0.2) is 0 Å². The third-order valence-corrected chi connectivity index (χ3v) is 6.61. The van der Waals surface area contributed by atoms with Crippen LogP contribution in [-0.4, -0.2) is 34.6 Å². The van der Waals surface area contributed by atoms with E-state index < -0.39 is 47.0 Å². The minimum absolute atomic E-state index is 0.0922. The molecule has 158 valence electrons. The van der Waals surface area contributed by atoms with Gasteiger partial charge in [0.05, 0.1) is 18.4 Å². The Morgan fingerprint density at radius 3 is 2.55 bits per heavy atom. The molecule has 31 heavy (non-hydrogen) atoms. The van der Waals surface area contributed by atoms with Crippen LogP contribution in [0.1, 0.15) is 17.5 Å². The minimum Gasteiger partial charge on any atom is -0.370 e. The molecule has 5 rings (SSSR count). The number of anilines is 1. The highest BCUT2D eigenvalue weighted by Gasteiger charge is 2.70. The van der Waals surface area contributed by atoms with Crippen molar-refractivity contribution < 1.29 is 19.2 Å². The van der Waals surface area contributed by atoms with Gasteiger partial charge in [-0.05, 0) is 23.8 Å². The van der Waals surface area contributed by atoms with Crippen molar-refractivity contribution in [3.05, 3.63) is 64.7 Å². The number of primary amides is 1. The summed E-state index contributed by atoms with van der Waals surface area (Å²) in [5, 5.41) is 6.32. The Morgan fingerprint density at radius 2 is 1.84 bits per heavy atom. The number of likely N-dealkylation sites (tertiary alicyclic amines) is 1. The molecule has 0 aliphatic carbocycles. The summed E-state index contributed by atoms with van der Waals surface area (Å²) in [7, 11) is 0. The summed E-state index contributed by atoms with van der Waals surface area (Å²) in [6, 6.07) is 13.3. The molecule has 0 bridgehead atoms. The molecule has 2 saturated heterocycles. The molecule has 4 N–H and O–H groups in total. The highest BCUT2D eigenvalue weighted by Crippen LogP contribution is 2.53. The van der Waals surface area contributed by atoms with Gasteiger partial charge in [-0.3, -0.25) is 29.4 Å². The van der Waals surface area contributed by atoms with Gasteiger partial charge < -0.3 is 11.1 Å². The summed E-state index contributed by atoms with van der Waals surface area (Å²) in [5.74, 6) is -3.85. The summed E-state index contributed by atoms with van der Waals surface area (Å²) in [6.07, 6.45) is -0.176. The van der Waals surface area contributed by atoms with Crippen molar-refractivity contribution in [3.63, 3.8) is 0 Å². The molecular weight excluding hydrogens is 420 g/mol. The molecule has 3 heterocycles. The normalized spacial score (nSPS) is 28.7. The largest absolute Gasteiger partial charge is 0.370 e. The maximum atomic E-state index is 13.6. The van der Waals surface area contributed by atoms with E-state index in [2.05, 4.69) is 10.6 Å².